The number of ether oxygens (including phenoxy) is 1. The highest BCUT2D eigenvalue weighted by Gasteiger charge is 2.51. The average Bonchev–Trinajstić information content (AvgIpc) is 3.08. The topological polar surface area (TPSA) is 29.5 Å². The molecule has 0 aromatic heterocycles. The van der Waals surface area contributed by atoms with Crippen molar-refractivity contribution in [2.24, 2.45) is 0 Å². The van der Waals surface area contributed by atoms with Crippen molar-refractivity contribution in [2.45, 2.75) is 12.2 Å². The van der Waals surface area contributed by atoms with Gasteiger partial charge in [0.05, 0.1) is 6.61 Å². The Balaban J connectivity index is 1.95. The first-order valence-corrected chi connectivity index (χ1v) is 8.42. The van der Waals surface area contributed by atoms with E-state index in [0.717, 1.165) is 33.4 Å². The molecular formula is C20H12Cl2O2. The van der Waals surface area contributed by atoms with Crippen molar-refractivity contribution < 1.29 is 9.84 Å². The molecule has 3 aromatic rings. The number of aromatic hydroxyl groups is 1. The van der Waals surface area contributed by atoms with Crippen LogP contribution in [0.2, 0.25) is 10.0 Å². The molecule has 0 atom stereocenters. The van der Waals surface area contributed by atoms with E-state index in [1.165, 1.54) is 0 Å². The van der Waals surface area contributed by atoms with Gasteiger partial charge in [-0.1, -0.05) is 47.5 Å². The Morgan fingerprint density at radius 2 is 1.50 bits per heavy atom. The third-order valence-electron chi connectivity index (χ3n) is 4.94. The second-order valence-corrected chi connectivity index (χ2v) is 7.03. The Hall–Kier alpha value is -2.00. The van der Waals surface area contributed by atoms with Crippen LogP contribution in [0.3, 0.4) is 0 Å². The zero-order valence-corrected chi connectivity index (χ0v) is 14.0. The Labute approximate surface area is 149 Å². The van der Waals surface area contributed by atoms with E-state index >= 15 is 0 Å². The summed E-state index contributed by atoms with van der Waals surface area (Å²) in [6, 6.07) is 17.1. The van der Waals surface area contributed by atoms with Gasteiger partial charge in [0.25, 0.3) is 0 Å². The first kappa shape index (κ1) is 14.4. The molecule has 5 rings (SSSR count). The van der Waals surface area contributed by atoms with Gasteiger partial charge in [-0.05, 0) is 47.0 Å². The van der Waals surface area contributed by atoms with Gasteiger partial charge in [0.1, 0.15) is 11.4 Å². The molecule has 0 fully saturated rings. The van der Waals surface area contributed by atoms with E-state index in [1.807, 2.05) is 48.5 Å². The van der Waals surface area contributed by atoms with Gasteiger partial charge in [-0.25, -0.2) is 0 Å². The molecule has 0 saturated carbocycles. The summed E-state index contributed by atoms with van der Waals surface area (Å²) in [6.45, 7) is 0.432. The standard InChI is InChI=1S/C20H12Cl2O2/c21-12-4-6-14-15-7-5-13(22)9-17(15)20(16(14)8-12)19-11(10-24-20)2-1-3-18(19)23/h1-9,23H,10H2. The summed E-state index contributed by atoms with van der Waals surface area (Å²) in [5.74, 6) is 0.226. The zero-order chi connectivity index (χ0) is 16.5. The number of fused-ring (bicyclic) bond motifs is 7. The van der Waals surface area contributed by atoms with Crippen molar-refractivity contribution in [2.75, 3.05) is 0 Å². The van der Waals surface area contributed by atoms with Crippen LogP contribution in [-0.4, -0.2) is 5.11 Å². The minimum absolute atomic E-state index is 0.226. The number of rotatable bonds is 0. The smallest absolute Gasteiger partial charge is 0.149 e. The molecule has 24 heavy (non-hydrogen) atoms. The van der Waals surface area contributed by atoms with Crippen molar-refractivity contribution in [3.05, 3.63) is 86.9 Å². The van der Waals surface area contributed by atoms with E-state index in [0.29, 0.717) is 16.7 Å². The summed E-state index contributed by atoms with van der Waals surface area (Å²) in [7, 11) is 0. The normalized spacial score (nSPS) is 16.1. The zero-order valence-electron chi connectivity index (χ0n) is 12.5. The quantitative estimate of drug-likeness (QED) is 0.577. The van der Waals surface area contributed by atoms with Crippen molar-refractivity contribution in [3.8, 4) is 16.9 Å². The van der Waals surface area contributed by atoms with Crippen LogP contribution in [0.1, 0.15) is 22.3 Å². The summed E-state index contributed by atoms with van der Waals surface area (Å²) in [5.41, 5.74) is 4.92. The maximum Gasteiger partial charge on any atom is 0.149 e. The number of hydrogen-bond donors (Lipinski definition) is 1. The molecule has 1 aliphatic carbocycles. The summed E-state index contributed by atoms with van der Waals surface area (Å²) >= 11 is 12.6. The number of phenolic OH excluding ortho intramolecular Hbond substituents is 1. The van der Waals surface area contributed by atoms with E-state index in [2.05, 4.69) is 0 Å². The lowest BCUT2D eigenvalue weighted by atomic mass is 9.83. The Bertz CT molecular complexity index is 959. The van der Waals surface area contributed by atoms with Gasteiger partial charge in [-0.15, -0.1) is 0 Å². The molecule has 0 saturated heterocycles. The largest absolute Gasteiger partial charge is 0.508 e. The fourth-order valence-corrected chi connectivity index (χ4v) is 4.37. The monoisotopic (exact) mass is 354 g/mol. The molecule has 2 aliphatic rings. The second-order valence-electron chi connectivity index (χ2n) is 6.16. The minimum atomic E-state index is -0.860. The van der Waals surface area contributed by atoms with E-state index in [9.17, 15) is 5.11 Å². The molecule has 0 radical (unpaired) electrons. The Kier molecular flexibility index (Phi) is 2.85. The number of halogens is 2. The van der Waals surface area contributed by atoms with Crippen LogP contribution in [0.5, 0.6) is 5.75 Å². The van der Waals surface area contributed by atoms with Crippen LogP contribution in [0.4, 0.5) is 0 Å². The molecule has 0 amide bonds. The molecule has 1 N–H and O–H groups in total. The van der Waals surface area contributed by atoms with Gasteiger partial charge >= 0.3 is 0 Å². The van der Waals surface area contributed by atoms with Crippen molar-refractivity contribution in [1.82, 2.24) is 0 Å². The van der Waals surface area contributed by atoms with Gasteiger partial charge < -0.3 is 9.84 Å². The molecule has 4 heteroatoms. The molecule has 0 unspecified atom stereocenters. The van der Waals surface area contributed by atoms with Gasteiger partial charge in [-0.3, -0.25) is 0 Å². The van der Waals surface area contributed by atoms with E-state index in [4.69, 9.17) is 27.9 Å². The SMILES string of the molecule is Oc1cccc2c1C1(OC2)c2cc(Cl)ccc2-c2ccc(Cl)cc21. The van der Waals surface area contributed by atoms with Crippen molar-refractivity contribution in [3.63, 3.8) is 0 Å². The summed E-state index contributed by atoms with van der Waals surface area (Å²) in [4.78, 5) is 0. The fourth-order valence-electron chi connectivity index (χ4n) is 4.03. The van der Waals surface area contributed by atoms with Gasteiger partial charge in [0.15, 0.2) is 0 Å². The number of benzene rings is 3. The van der Waals surface area contributed by atoms with E-state index < -0.39 is 5.60 Å². The van der Waals surface area contributed by atoms with Crippen LogP contribution in [0.25, 0.3) is 11.1 Å². The highest BCUT2D eigenvalue weighted by molar-refractivity contribution is 6.31. The predicted molar refractivity (Wildman–Crippen MR) is 94.7 cm³/mol. The summed E-state index contributed by atoms with van der Waals surface area (Å²) in [6.07, 6.45) is 0. The van der Waals surface area contributed by atoms with Gasteiger partial charge in [0.2, 0.25) is 0 Å². The maximum absolute atomic E-state index is 10.6. The van der Waals surface area contributed by atoms with Crippen LogP contribution in [-0.2, 0) is 16.9 Å². The fraction of sp³-hybridized carbons (Fsp3) is 0.100. The lowest BCUT2D eigenvalue weighted by Crippen LogP contribution is -2.26. The van der Waals surface area contributed by atoms with Gasteiger partial charge in [0, 0.05) is 26.7 Å². The Morgan fingerprint density at radius 3 is 2.12 bits per heavy atom. The highest BCUT2D eigenvalue weighted by atomic mass is 35.5. The lowest BCUT2D eigenvalue weighted by molar-refractivity contribution is 0.0291. The molecule has 3 aromatic carbocycles. The third-order valence-corrected chi connectivity index (χ3v) is 5.41. The van der Waals surface area contributed by atoms with Crippen molar-refractivity contribution >= 4 is 23.2 Å². The average molecular weight is 355 g/mol. The van der Waals surface area contributed by atoms with Crippen LogP contribution >= 0.6 is 23.2 Å². The first-order valence-electron chi connectivity index (χ1n) is 7.67. The predicted octanol–water partition coefficient (Wildman–Crippen LogP) is 5.50. The van der Waals surface area contributed by atoms with E-state index in [1.54, 1.807) is 6.07 Å². The molecular weight excluding hydrogens is 343 g/mol. The summed E-state index contributed by atoms with van der Waals surface area (Å²) in [5, 5.41) is 11.9. The highest BCUT2D eigenvalue weighted by Crippen LogP contribution is 2.59. The van der Waals surface area contributed by atoms with Crippen LogP contribution < -0.4 is 0 Å². The number of hydrogen-bond acceptors (Lipinski definition) is 2. The number of phenols is 1. The Morgan fingerprint density at radius 1 is 0.875 bits per heavy atom. The van der Waals surface area contributed by atoms with Crippen LogP contribution in [0.15, 0.2) is 54.6 Å². The molecule has 1 heterocycles. The second kappa shape index (κ2) is 4.76. The summed E-state index contributed by atoms with van der Waals surface area (Å²) < 4.78 is 6.34. The minimum Gasteiger partial charge on any atom is -0.508 e. The molecule has 118 valence electrons. The molecule has 1 spiro atoms. The van der Waals surface area contributed by atoms with Gasteiger partial charge in [-0.2, -0.15) is 0 Å². The lowest BCUT2D eigenvalue weighted by Gasteiger charge is -2.28. The molecule has 2 nitrogen and oxygen atoms in total. The molecule has 1 aliphatic heterocycles. The van der Waals surface area contributed by atoms with Crippen LogP contribution in [0, 0.1) is 0 Å². The maximum atomic E-state index is 10.6. The first-order chi connectivity index (χ1) is 11.6. The van der Waals surface area contributed by atoms with E-state index in [-0.39, 0.29) is 5.75 Å². The van der Waals surface area contributed by atoms with Crippen molar-refractivity contribution in [1.29, 1.82) is 0 Å². The molecule has 0 bridgehead atoms. The third kappa shape index (κ3) is 1.66.